The molecule has 0 bridgehead atoms. The van der Waals surface area contributed by atoms with E-state index in [2.05, 4.69) is 13.8 Å². The molecule has 1 unspecified atom stereocenters. The highest BCUT2D eigenvalue weighted by Gasteiger charge is 2.60. The highest BCUT2D eigenvalue weighted by molar-refractivity contribution is 5.26. The van der Waals surface area contributed by atoms with Crippen molar-refractivity contribution in [2.75, 3.05) is 0 Å². The summed E-state index contributed by atoms with van der Waals surface area (Å²) in [5.74, 6) is 1.26. The van der Waals surface area contributed by atoms with Crippen LogP contribution in [0.3, 0.4) is 0 Å². The minimum Gasteiger partial charge on any atom is -0.393 e. The van der Waals surface area contributed by atoms with Gasteiger partial charge in [0.2, 0.25) is 0 Å². The molecule has 0 spiro atoms. The van der Waals surface area contributed by atoms with Crippen LogP contribution in [0.25, 0.3) is 0 Å². The van der Waals surface area contributed by atoms with Gasteiger partial charge in [0, 0.05) is 6.42 Å². The van der Waals surface area contributed by atoms with Crippen molar-refractivity contribution in [2.45, 2.75) is 83.1 Å². The van der Waals surface area contributed by atoms with Crippen molar-refractivity contribution in [2.24, 2.45) is 23.2 Å². The first-order chi connectivity index (χ1) is 11.1. The van der Waals surface area contributed by atoms with Crippen molar-refractivity contribution in [3.63, 3.8) is 0 Å². The summed E-state index contributed by atoms with van der Waals surface area (Å²) >= 11 is 0. The summed E-state index contributed by atoms with van der Waals surface area (Å²) in [6.45, 7) is 4.22. The van der Waals surface area contributed by atoms with Crippen LogP contribution in [0.4, 0.5) is 13.2 Å². The average Bonchev–Trinajstić information content (AvgIpc) is 2.92. The maximum Gasteiger partial charge on any atom is 0.417 e. The number of hydrogen-bond donors (Lipinski definition) is 2. The Morgan fingerprint density at radius 2 is 1.96 bits per heavy atom. The Morgan fingerprint density at radius 3 is 2.50 bits per heavy atom. The van der Waals surface area contributed by atoms with E-state index in [1.165, 1.54) is 0 Å². The van der Waals surface area contributed by atoms with E-state index in [4.69, 9.17) is 0 Å². The molecular weight excluding hydrogens is 317 g/mol. The van der Waals surface area contributed by atoms with E-state index in [9.17, 15) is 23.4 Å². The molecule has 0 aromatic carbocycles. The smallest absolute Gasteiger partial charge is 0.393 e. The van der Waals surface area contributed by atoms with Crippen molar-refractivity contribution in [1.29, 1.82) is 0 Å². The Balaban J connectivity index is 1.87. The topological polar surface area (TPSA) is 40.5 Å². The first kappa shape index (κ1) is 18.2. The van der Waals surface area contributed by atoms with Gasteiger partial charge in [-0.25, -0.2) is 0 Å². The van der Waals surface area contributed by atoms with Gasteiger partial charge < -0.3 is 10.2 Å². The van der Waals surface area contributed by atoms with Crippen LogP contribution in [-0.2, 0) is 0 Å². The predicted molar refractivity (Wildman–Crippen MR) is 86.3 cm³/mol. The van der Waals surface area contributed by atoms with E-state index < -0.39 is 11.8 Å². The molecule has 0 aromatic rings. The molecule has 0 amide bonds. The molecule has 0 saturated heterocycles. The molecule has 2 fully saturated rings. The van der Waals surface area contributed by atoms with Crippen LogP contribution < -0.4 is 0 Å². The number of hydrogen-bond acceptors (Lipinski definition) is 2. The zero-order chi connectivity index (χ0) is 17.8. The Bertz CT molecular complexity index is 515. The molecule has 0 aromatic heterocycles. The van der Waals surface area contributed by atoms with Crippen molar-refractivity contribution in [1.82, 2.24) is 0 Å². The van der Waals surface area contributed by atoms with Crippen LogP contribution in [0, 0.1) is 23.2 Å². The van der Waals surface area contributed by atoms with Crippen LogP contribution in [0.1, 0.15) is 65.2 Å². The monoisotopic (exact) mass is 346 g/mol. The van der Waals surface area contributed by atoms with Gasteiger partial charge in [0.15, 0.2) is 5.60 Å². The molecule has 3 aliphatic carbocycles. The quantitative estimate of drug-likeness (QED) is 0.717. The fraction of sp³-hybridized carbons (Fsp3) is 0.895. The minimum absolute atomic E-state index is 0.207. The number of allylic oxidation sites excluding steroid dienone is 1. The fourth-order valence-corrected chi connectivity index (χ4v) is 5.77. The standard InChI is InChI=1S/C19H29F3O2/c1-3-16-15(12-4-6-14(23)10-12)7-5-13-11-18(24,19(20,21)22)9-8-17(13,16)2/h5,12,14-16,23-24H,3-4,6-11H2,1-2H3/t12-,14?,15+,16+,17+,18+/m1/s1. The third-order valence-electron chi connectivity index (χ3n) is 7.26. The van der Waals surface area contributed by atoms with Crippen LogP contribution in [-0.4, -0.2) is 28.1 Å². The second kappa shape index (κ2) is 6.01. The van der Waals surface area contributed by atoms with Gasteiger partial charge in [0.1, 0.15) is 0 Å². The van der Waals surface area contributed by atoms with E-state index in [-0.39, 0.29) is 24.4 Å². The van der Waals surface area contributed by atoms with Gasteiger partial charge in [-0.1, -0.05) is 31.9 Å². The highest BCUT2D eigenvalue weighted by atomic mass is 19.4. The van der Waals surface area contributed by atoms with Crippen molar-refractivity contribution < 1.29 is 23.4 Å². The van der Waals surface area contributed by atoms with E-state index >= 15 is 0 Å². The van der Waals surface area contributed by atoms with Crippen molar-refractivity contribution >= 4 is 0 Å². The number of rotatable bonds is 2. The lowest BCUT2D eigenvalue weighted by Crippen LogP contribution is -2.53. The minimum atomic E-state index is -4.57. The van der Waals surface area contributed by atoms with Crippen LogP contribution >= 0.6 is 0 Å². The van der Waals surface area contributed by atoms with Gasteiger partial charge in [-0.3, -0.25) is 0 Å². The Morgan fingerprint density at radius 1 is 1.25 bits per heavy atom. The average molecular weight is 346 g/mol. The number of aliphatic hydroxyl groups is 2. The molecule has 0 aliphatic heterocycles. The molecule has 2 N–H and O–H groups in total. The third-order valence-corrected chi connectivity index (χ3v) is 7.26. The van der Waals surface area contributed by atoms with Gasteiger partial charge in [-0.2, -0.15) is 13.2 Å². The predicted octanol–water partition coefficient (Wildman–Crippen LogP) is 4.60. The van der Waals surface area contributed by atoms with E-state index in [0.717, 1.165) is 37.7 Å². The molecule has 2 nitrogen and oxygen atoms in total. The largest absolute Gasteiger partial charge is 0.417 e. The number of aliphatic hydroxyl groups excluding tert-OH is 1. The summed E-state index contributed by atoms with van der Waals surface area (Å²) in [5, 5.41) is 20.0. The lowest BCUT2D eigenvalue weighted by molar-refractivity contribution is -0.270. The van der Waals surface area contributed by atoms with Crippen LogP contribution in [0.2, 0.25) is 0 Å². The lowest BCUT2D eigenvalue weighted by Gasteiger charge is -2.54. The Kier molecular flexibility index (Phi) is 4.57. The Hall–Kier alpha value is -0.550. The van der Waals surface area contributed by atoms with Gasteiger partial charge in [-0.15, -0.1) is 0 Å². The first-order valence-corrected chi connectivity index (χ1v) is 9.27. The fourth-order valence-electron chi connectivity index (χ4n) is 5.77. The highest BCUT2D eigenvalue weighted by Crippen LogP contribution is 2.60. The van der Waals surface area contributed by atoms with Gasteiger partial charge in [-0.05, 0) is 61.7 Å². The van der Waals surface area contributed by atoms with E-state index in [1.54, 1.807) is 0 Å². The zero-order valence-corrected chi connectivity index (χ0v) is 14.6. The second-order valence-electron chi connectivity index (χ2n) is 8.49. The van der Waals surface area contributed by atoms with Gasteiger partial charge in [0.05, 0.1) is 6.10 Å². The summed E-state index contributed by atoms with van der Waals surface area (Å²) in [6, 6.07) is 0. The summed E-state index contributed by atoms with van der Waals surface area (Å²) in [7, 11) is 0. The normalized spacial score (nSPS) is 46.5. The molecule has 2 saturated carbocycles. The van der Waals surface area contributed by atoms with Gasteiger partial charge >= 0.3 is 6.18 Å². The lowest BCUT2D eigenvalue weighted by atomic mass is 9.52. The molecule has 138 valence electrons. The maximum absolute atomic E-state index is 13.2. The molecule has 5 heteroatoms. The summed E-state index contributed by atoms with van der Waals surface area (Å²) in [6.07, 6.45) is 1.53. The number of halogens is 3. The second-order valence-corrected chi connectivity index (χ2v) is 8.49. The molecule has 0 heterocycles. The molecule has 0 radical (unpaired) electrons. The molecule has 24 heavy (non-hydrogen) atoms. The molecular formula is C19H29F3O2. The SMILES string of the molecule is CC[C@H]1[C@H]([C@@H]2CCC(O)C2)CC=C2C[C@](O)(C(F)(F)F)CC[C@@]21C. The summed E-state index contributed by atoms with van der Waals surface area (Å²) < 4.78 is 39.7. The summed E-state index contributed by atoms with van der Waals surface area (Å²) in [5.41, 5.74) is -2.01. The zero-order valence-electron chi connectivity index (χ0n) is 14.6. The molecule has 3 rings (SSSR count). The van der Waals surface area contributed by atoms with Crippen LogP contribution in [0.15, 0.2) is 11.6 Å². The van der Waals surface area contributed by atoms with E-state index in [0.29, 0.717) is 24.2 Å². The number of fused-ring (bicyclic) bond motifs is 1. The first-order valence-electron chi connectivity index (χ1n) is 9.27. The van der Waals surface area contributed by atoms with Crippen molar-refractivity contribution in [3.05, 3.63) is 11.6 Å². The Labute approximate surface area is 142 Å². The summed E-state index contributed by atoms with van der Waals surface area (Å²) in [4.78, 5) is 0. The van der Waals surface area contributed by atoms with Crippen LogP contribution in [0.5, 0.6) is 0 Å². The van der Waals surface area contributed by atoms with Crippen molar-refractivity contribution in [3.8, 4) is 0 Å². The van der Waals surface area contributed by atoms with E-state index in [1.807, 2.05) is 6.08 Å². The third kappa shape index (κ3) is 2.82. The number of alkyl halides is 3. The molecule has 6 atom stereocenters. The molecule has 3 aliphatic rings. The maximum atomic E-state index is 13.2. The van der Waals surface area contributed by atoms with Gasteiger partial charge in [0.25, 0.3) is 0 Å².